The van der Waals surface area contributed by atoms with Gasteiger partial charge in [-0.25, -0.2) is 0 Å². The van der Waals surface area contributed by atoms with Crippen LogP contribution in [0.5, 0.6) is 5.75 Å². The molecule has 1 amide bonds. The number of carbonyl (C=O) groups is 1. The molecule has 0 spiro atoms. The van der Waals surface area contributed by atoms with E-state index in [-0.39, 0.29) is 5.91 Å². The van der Waals surface area contributed by atoms with E-state index in [0.29, 0.717) is 33.6 Å². The zero-order valence-electron chi connectivity index (χ0n) is 14.2. The molecular weight excluding hydrogens is 369 g/mol. The van der Waals surface area contributed by atoms with Crippen LogP contribution in [0.2, 0.25) is 10.0 Å². The number of hydrogen-bond donors (Lipinski definition) is 0. The molecule has 0 fully saturated rings. The van der Waals surface area contributed by atoms with E-state index < -0.39 is 0 Å². The van der Waals surface area contributed by atoms with Crippen molar-refractivity contribution in [2.75, 3.05) is 12.0 Å². The summed E-state index contributed by atoms with van der Waals surface area (Å²) in [4.78, 5) is 14.9. The van der Waals surface area contributed by atoms with Crippen LogP contribution < -0.4 is 9.64 Å². The molecule has 0 aliphatic carbocycles. The van der Waals surface area contributed by atoms with Gasteiger partial charge in [-0.15, -0.1) is 0 Å². The quantitative estimate of drug-likeness (QED) is 0.551. The lowest BCUT2D eigenvalue weighted by molar-refractivity contribution is 0.0984. The van der Waals surface area contributed by atoms with Gasteiger partial charge in [0.1, 0.15) is 5.75 Å². The summed E-state index contributed by atoms with van der Waals surface area (Å²) in [5.74, 6) is 0.498. The third-order valence-corrected chi connectivity index (χ3v) is 4.71. The summed E-state index contributed by atoms with van der Waals surface area (Å²) in [5.41, 5.74) is 2.16. The number of carbonyl (C=O) groups excluding carboxylic acids is 1. The van der Waals surface area contributed by atoms with Crippen LogP contribution in [0.1, 0.15) is 15.9 Å². The maximum Gasteiger partial charge on any atom is 0.258 e. The summed E-state index contributed by atoms with van der Waals surface area (Å²) in [5, 5.41) is 0.935. The molecule has 5 heteroatoms. The Morgan fingerprint density at radius 2 is 1.62 bits per heavy atom. The van der Waals surface area contributed by atoms with Gasteiger partial charge in [-0.1, -0.05) is 59.6 Å². The van der Waals surface area contributed by atoms with Gasteiger partial charge < -0.3 is 9.64 Å². The van der Waals surface area contributed by atoms with Crippen LogP contribution >= 0.6 is 23.2 Å². The first-order chi connectivity index (χ1) is 12.6. The molecule has 3 rings (SSSR count). The Balaban J connectivity index is 2.03. The minimum absolute atomic E-state index is 0.124. The maximum atomic E-state index is 13.2. The van der Waals surface area contributed by atoms with Gasteiger partial charge in [-0.05, 0) is 42.0 Å². The van der Waals surface area contributed by atoms with E-state index in [1.807, 2.05) is 48.5 Å². The molecule has 0 N–H and O–H groups in total. The molecule has 0 atom stereocenters. The average Bonchev–Trinajstić information content (AvgIpc) is 2.69. The van der Waals surface area contributed by atoms with E-state index in [9.17, 15) is 4.79 Å². The highest BCUT2D eigenvalue weighted by molar-refractivity contribution is 6.42. The van der Waals surface area contributed by atoms with Gasteiger partial charge in [0.15, 0.2) is 0 Å². The van der Waals surface area contributed by atoms with Crippen LogP contribution in [-0.4, -0.2) is 13.0 Å². The maximum absolute atomic E-state index is 13.2. The lowest BCUT2D eigenvalue weighted by atomic mass is 10.1. The van der Waals surface area contributed by atoms with E-state index in [2.05, 4.69) is 0 Å². The molecule has 3 aromatic rings. The highest BCUT2D eigenvalue weighted by Gasteiger charge is 2.21. The number of benzene rings is 3. The number of rotatable bonds is 5. The molecule has 0 unspecified atom stereocenters. The lowest BCUT2D eigenvalue weighted by Crippen LogP contribution is -2.30. The van der Waals surface area contributed by atoms with E-state index in [4.69, 9.17) is 27.9 Å². The second-order valence-corrected chi connectivity index (χ2v) is 6.49. The van der Waals surface area contributed by atoms with E-state index in [1.165, 1.54) is 0 Å². The Morgan fingerprint density at radius 1 is 0.923 bits per heavy atom. The molecule has 132 valence electrons. The predicted molar refractivity (Wildman–Crippen MR) is 106 cm³/mol. The standard InChI is InChI=1S/C21H17Cl2NO2/c1-26-20-10-6-5-9-19(20)24(21(25)16-7-3-2-4-8-16)14-15-11-12-17(22)18(23)13-15/h2-13H,14H2,1H3. The zero-order valence-corrected chi connectivity index (χ0v) is 15.7. The van der Waals surface area contributed by atoms with Crippen molar-refractivity contribution in [2.45, 2.75) is 6.54 Å². The minimum Gasteiger partial charge on any atom is -0.495 e. The monoisotopic (exact) mass is 385 g/mol. The molecule has 0 heterocycles. The third-order valence-electron chi connectivity index (χ3n) is 3.97. The molecule has 0 aliphatic rings. The van der Waals surface area contributed by atoms with E-state index >= 15 is 0 Å². The predicted octanol–water partition coefficient (Wildman–Crippen LogP) is 5.85. The fourth-order valence-electron chi connectivity index (χ4n) is 2.68. The van der Waals surface area contributed by atoms with Crippen LogP contribution in [-0.2, 0) is 6.54 Å². The zero-order chi connectivity index (χ0) is 18.5. The summed E-state index contributed by atoms with van der Waals surface area (Å²) in [7, 11) is 1.59. The minimum atomic E-state index is -0.124. The van der Waals surface area contributed by atoms with Crippen molar-refractivity contribution in [1.82, 2.24) is 0 Å². The number of methoxy groups -OCH3 is 1. The summed E-state index contributed by atoms with van der Waals surface area (Å²) >= 11 is 12.1. The van der Waals surface area contributed by atoms with Gasteiger partial charge >= 0.3 is 0 Å². The molecule has 0 radical (unpaired) electrons. The number of para-hydroxylation sites is 2. The average molecular weight is 386 g/mol. The lowest BCUT2D eigenvalue weighted by Gasteiger charge is -2.25. The molecule has 0 saturated carbocycles. The summed E-state index contributed by atoms with van der Waals surface area (Å²) in [6.45, 7) is 0.338. The first-order valence-electron chi connectivity index (χ1n) is 8.04. The second kappa shape index (κ2) is 8.26. The number of nitrogens with zero attached hydrogens (tertiary/aromatic N) is 1. The number of amides is 1. The van der Waals surface area contributed by atoms with Crippen LogP contribution in [0, 0.1) is 0 Å². The normalized spacial score (nSPS) is 10.4. The number of anilines is 1. The summed E-state index contributed by atoms with van der Waals surface area (Å²) < 4.78 is 5.45. The highest BCUT2D eigenvalue weighted by atomic mass is 35.5. The molecule has 0 bridgehead atoms. The Hall–Kier alpha value is -2.49. The van der Waals surface area contributed by atoms with Gasteiger partial charge in [-0.3, -0.25) is 4.79 Å². The van der Waals surface area contributed by atoms with Crippen molar-refractivity contribution in [3.63, 3.8) is 0 Å². The molecule has 0 aromatic heterocycles. The fraction of sp³-hybridized carbons (Fsp3) is 0.0952. The number of ether oxygens (including phenoxy) is 1. The van der Waals surface area contributed by atoms with Crippen molar-refractivity contribution in [3.05, 3.63) is 94.0 Å². The van der Waals surface area contributed by atoms with Crippen molar-refractivity contribution < 1.29 is 9.53 Å². The highest BCUT2D eigenvalue weighted by Crippen LogP contribution is 2.31. The van der Waals surface area contributed by atoms with Crippen LogP contribution in [0.25, 0.3) is 0 Å². The van der Waals surface area contributed by atoms with Crippen LogP contribution in [0.4, 0.5) is 5.69 Å². The van der Waals surface area contributed by atoms with Crippen molar-refractivity contribution in [2.24, 2.45) is 0 Å². The molecule has 0 aliphatic heterocycles. The van der Waals surface area contributed by atoms with E-state index in [1.54, 1.807) is 36.3 Å². The van der Waals surface area contributed by atoms with Gasteiger partial charge in [0.05, 0.1) is 29.4 Å². The molecule has 3 nitrogen and oxygen atoms in total. The SMILES string of the molecule is COc1ccccc1N(Cc1ccc(Cl)c(Cl)c1)C(=O)c1ccccc1. The Bertz CT molecular complexity index is 913. The first-order valence-corrected chi connectivity index (χ1v) is 8.79. The van der Waals surface area contributed by atoms with Crippen molar-refractivity contribution in [3.8, 4) is 5.75 Å². The smallest absolute Gasteiger partial charge is 0.258 e. The van der Waals surface area contributed by atoms with Crippen molar-refractivity contribution >= 4 is 34.8 Å². The Kier molecular flexibility index (Phi) is 5.82. The molecule has 0 saturated heterocycles. The van der Waals surface area contributed by atoms with Gasteiger partial charge in [-0.2, -0.15) is 0 Å². The molecular formula is C21H17Cl2NO2. The Labute approximate surface area is 162 Å². The van der Waals surface area contributed by atoms with Gasteiger partial charge in [0.25, 0.3) is 5.91 Å². The summed E-state index contributed by atoms with van der Waals surface area (Å²) in [6, 6.07) is 21.9. The fourth-order valence-corrected chi connectivity index (χ4v) is 3.00. The van der Waals surface area contributed by atoms with Gasteiger partial charge in [0, 0.05) is 5.56 Å². The summed E-state index contributed by atoms with van der Waals surface area (Å²) in [6.07, 6.45) is 0. The molecule has 3 aromatic carbocycles. The van der Waals surface area contributed by atoms with Crippen LogP contribution in [0.15, 0.2) is 72.8 Å². The van der Waals surface area contributed by atoms with E-state index in [0.717, 1.165) is 5.56 Å². The number of hydrogen-bond acceptors (Lipinski definition) is 2. The second-order valence-electron chi connectivity index (χ2n) is 5.68. The number of halogens is 2. The van der Waals surface area contributed by atoms with Gasteiger partial charge in [0.2, 0.25) is 0 Å². The molecule has 26 heavy (non-hydrogen) atoms. The Morgan fingerprint density at radius 3 is 2.31 bits per heavy atom. The third kappa shape index (κ3) is 4.01. The largest absolute Gasteiger partial charge is 0.495 e. The topological polar surface area (TPSA) is 29.5 Å². The van der Waals surface area contributed by atoms with Crippen molar-refractivity contribution in [1.29, 1.82) is 0 Å². The van der Waals surface area contributed by atoms with Crippen LogP contribution in [0.3, 0.4) is 0 Å². The first kappa shape index (κ1) is 18.3.